The van der Waals surface area contributed by atoms with E-state index in [2.05, 4.69) is 25.4 Å². The van der Waals surface area contributed by atoms with Gasteiger partial charge in [-0.1, -0.05) is 35.3 Å². The summed E-state index contributed by atoms with van der Waals surface area (Å²) in [6.07, 6.45) is 1.05. The Kier molecular flexibility index (Phi) is 10.4. The molecule has 16 heteroatoms. The molecular weight excluding hydrogens is 575 g/mol. The van der Waals surface area contributed by atoms with E-state index in [1.54, 1.807) is 32.0 Å². The number of esters is 2. The Morgan fingerprint density at radius 3 is 2.59 bits per heavy atom. The second-order valence-electron chi connectivity index (χ2n) is 8.30. The number of halogens is 2. The van der Waals surface area contributed by atoms with Crippen LogP contribution in [0.1, 0.15) is 31.2 Å². The molecule has 1 aromatic carbocycles. The molecule has 13 nitrogen and oxygen atoms in total. The predicted octanol–water partition coefficient (Wildman–Crippen LogP) is 1.70. The van der Waals surface area contributed by atoms with E-state index in [9.17, 15) is 18.0 Å². The van der Waals surface area contributed by atoms with Gasteiger partial charge in [0.05, 0.1) is 65.9 Å². The summed E-state index contributed by atoms with van der Waals surface area (Å²) in [7, 11) is -2.10. The first-order chi connectivity index (χ1) is 18.5. The number of ether oxygens (including phenoxy) is 3. The number of rotatable bonds is 12. The number of aromatic nitrogens is 4. The number of nitrogens with zero attached hydrogens (tertiary/aromatic N) is 4. The van der Waals surface area contributed by atoms with Gasteiger partial charge in [0.15, 0.2) is 5.82 Å². The number of nitrogens with one attached hydrogen (secondary N) is 2. The summed E-state index contributed by atoms with van der Waals surface area (Å²) in [5, 5.41) is 15.4. The SMILES string of the molecule is CCOC(=O)C1=C(COCc2nnn(CCNS(C)(=O)=O)n2)NC(C)=C(C(=O)OC)C1c1cccc(Cl)c1Cl. The van der Waals surface area contributed by atoms with Crippen LogP contribution in [0.15, 0.2) is 40.7 Å². The van der Waals surface area contributed by atoms with E-state index in [1.165, 1.54) is 11.9 Å². The first kappa shape index (κ1) is 30.5. The number of carbonyl (C=O) groups is 2. The van der Waals surface area contributed by atoms with Crippen LogP contribution in [0.4, 0.5) is 0 Å². The van der Waals surface area contributed by atoms with Crippen LogP contribution in [0.25, 0.3) is 0 Å². The third-order valence-corrected chi connectivity index (χ3v) is 7.05. The average molecular weight is 603 g/mol. The molecule has 0 radical (unpaired) electrons. The average Bonchev–Trinajstić information content (AvgIpc) is 3.31. The smallest absolute Gasteiger partial charge is 0.336 e. The van der Waals surface area contributed by atoms with Crippen molar-refractivity contribution in [1.82, 2.24) is 30.2 Å². The standard InChI is InChI=1S/C23H28Cl2N6O7S/c1-5-38-23(33)20-16(11-37-12-17-28-30-31(29-17)10-9-26-39(4,34)35)27-13(2)18(22(32)36-3)19(20)14-7-6-8-15(24)21(14)25/h6-8,19,26-27H,5,9-12H2,1-4H3. The largest absolute Gasteiger partial charge is 0.466 e. The number of dihydropyridines is 1. The number of methoxy groups -OCH3 is 1. The van der Waals surface area contributed by atoms with Crippen molar-refractivity contribution in [1.29, 1.82) is 0 Å². The molecule has 1 aliphatic rings. The minimum absolute atomic E-state index is 0.0734. The van der Waals surface area contributed by atoms with Crippen LogP contribution >= 0.6 is 23.2 Å². The van der Waals surface area contributed by atoms with E-state index in [-0.39, 0.29) is 59.9 Å². The second kappa shape index (κ2) is 13.3. The Hall–Kier alpha value is -3.04. The van der Waals surface area contributed by atoms with E-state index in [0.29, 0.717) is 17.0 Å². The molecule has 1 unspecified atom stereocenters. The molecule has 0 fully saturated rings. The molecule has 1 aromatic heterocycles. The van der Waals surface area contributed by atoms with Crippen LogP contribution in [0.2, 0.25) is 10.0 Å². The zero-order chi connectivity index (χ0) is 28.7. The number of hydrogen-bond acceptors (Lipinski definition) is 11. The molecule has 2 N–H and O–H groups in total. The maximum Gasteiger partial charge on any atom is 0.336 e. The molecule has 0 saturated carbocycles. The van der Waals surface area contributed by atoms with Gasteiger partial charge in [-0.25, -0.2) is 22.7 Å². The lowest BCUT2D eigenvalue weighted by Gasteiger charge is -2.31. The Labute approximate surface area is 235 Å². The molecule has 1 aliphatic heterocycles. The molecule has 3 rings (SSSR count). The van der Waals surface area contributed by atoms with Gasteiger partial charge in [-0.2, -0.15) is 4.80 Å². The zero-order valence-corrected chi connectivity index (χ0v) is 24.0. The van der Waals surface area contributed by atoms with Crippen molar-refractivity contribution in [3.8, 4) is 0 Å². The first-order valence-electron chi connectivity index (χ1n) is 11.7. The lowest BCUT2D eigenvalue weighted by Crippen LogP contribution is -2.34. The fraction of sp³-hybridized carbons (Fsp3) is 0.435. The molecule has 1 atom stereocenters. The Morgan fingerprint density at radius 1 is 1.18 bits per heavy atom. The molecule has 2 heterocycles. The van der Waals surface area contributed by atoms with Crippen molar-refractivity contribution < 1.29 is 32.2 Å². The fourth-order valence-electron chi connectivity index (χ4n) is 3.90. The Morgan fingerprint density at radius 2 is 1.92 bits per heavy atom. The topological polar surface area (TPSA) is 164 Å². The monoisotopic (exact) mass is 602 g/mol. The van der Waals surface area contributed by atoms with Crippen LogP contribution in [0.3, 0.4) is 0 Å². The predicted molar refractivity (Wildman–Crippen MR) is 141 cm³/mol. The summed E-state index contributed by atoms with van der Waals surface area (Å²) in [4.78, 5) is 27.3. The molecular formula is C23H28Cl2N6O7S. The fourth-order valence-corrected chi connectivity index (χ4v) is 4.78. The van der Waals surface area contributed by atoms with Gasteiger partial charge in [-0.05, 0) is 30.7 Å². The Bertz CT molecular complexity index is 1410. The molecule has 0 aliphatic carbocycles. The van der Waals surface area contributed by atoms with E-state index >= 15 is 0 Å². The van der Waals surface area contributed by atoms with Gasteiger partial charge < -0.3 is 19.5 Å². The number of allylic oxidation sites excluding steroid dienone is 1. The van der Waals surface area contributed by atoms with Gasteiger partial charge in [0, 0.05) is 12.2 Å². The van der Waals surface area contributed by atoms with E-state index in [0.717, 1.165) is 6.26 Å². The number of benzene rings is 1. The second-order valence-corrected chi connectivity index (χ2v) is 10.9. The Balaban J connectivity index is 1.90. The summed E-state index contributed by atoms with van der Waals surface area (Å²) >= 11 is 12.8. The van der Waals surface area contributed by atoms with Gasteiger partial charge in [-0.3, -0.25) is 0 Å². The highest BCUT2D eigenvalue weighted by Gasteiger charge is 2.40. The third kappa shape index (κ3) is 7.76. The molecule has 0 bridgehead atoms. The minimum atomic E-state index is -3.34. The number of carbonyl (C=O) groups excluding carboxylic acids is 2. The quantitative estimate of drug-likeness (QED) is 0.340. The first-order valence-corrected chi connectivity index (χ1v) is 14.3. The molecule has 39 heavy (non-hydrogen) atoms. The number of hydrogen-bond donors (Lipinski definition) is 2. The number of sulfonamides is 1. The summed E-state index contributed by atoms with van der Waals surface area (Å²) in [5.74, 6) is -2.06. The minimum Gasteiger partial charge on any atom is -0.466 e. The number of tetrazole rings is 1. The van der Waals surface area contributed by atoms with Crippen LogP contribution in [0, 0.1) is 0 Å². The van der Waals surface area contributed by atoms with Crippen molar-refractivity contribution in [2.45, 2.75) is 32.9 Å². The summed E-state index contributed by atoms with van der Waals surface area (Å²) in [6.45, 7) is 3.49. The normalized spacial score (nSPS) is 15.8. The zero-order valence-electron chi connectivity index (χ0n) is 21.7. The van der Waals surface area contributed by atoms with E-state index in [4.69, 9.17) is 37.4 Å². The van der Waals surface area contributed by atoms with Gasteiger partial charge >= 0.3 is 11.9 Å². The van der Waals surface area contributed by atoms with Crippen LogP contribution < -0.4 is 10.0 Å². The van der Waals surface area contributed by atoms with Crippen molar-refractivity contribution in [2.24, 2.45) is 0 Å². The van der Waals surface area contributed by atoms with Gasteiger partial charge in [0.25, 0.3) is 0 Å². The van der Waals surface area contributed by atoms with Crippen LogP contribution in [0.5, 0.6) is 0 Å². The maximum absolute atomic E-state index is 13.2. The molecule has 0 saturated heterocycles. The highest BCUT2D eigenvalue weighted by atomic mass is 35.5. The van der Waals surface area contributed by atoms with E-state index in [1.807, 2.05) is 0 Å². The van der Waals surface area contributed by atoms with Crippen molar-refractivity contribution in [3.05, 3.63) is 62.2 Å². The lowest BCUT2D eigenvalue weighted by atomic mass is 9.80. The van der Waals surface area contributed by atoms with Crippen molar-refractivity contribution in [3.63, 3.8) is 0 Å². The molecule has 0 spiro atoms. The van der Waals surface area contributed by atoms with Crippen LogP contribution in [-0.4, -0.2) is 73.7 Å². The third-order valence-electron chi connectivity index (χ3n) is 5.49. The summed E-state index contributed by atoms with van der Waals surface area (Å²) in [5.41, 5.74) is 1.45. The highest BCUT2D eigenvalue weighted by molar-refractivity contribution is 7.88. The molecule has 0 amide bonds. The molecule has 212 valence electrons. The van der Waals surface area contributed by atoms with Crippen molar-refractivity contribution in [2.75, 3.05) is 33.1 Å². The van der Waals surface area contributed by atoms with Gasteiger partial charge in [0.1, 0.15) is 6.61 Å². The maximum atomic E-state index is 13.2. The van der Waals surface area contributed by atoms with E-state index < -0.39 is 27.9 Å². The van der Waals surface area contributed by atoms with Gasteiger partial charge in [-0.15, -0.1) is 10.2 Å². The molecule has 2 aromatic rings. The van der Waals surface area contributed by atoms with Crippen LogP contribution in [-0.2, 0) is 47.0 Å². The summed E-state index contributed by atoms with van der Waals surface area (Å²) in [6, 6.07) is 4.92. The lowest BCUT2D eigenvalue weighted by molar-refractivity contribution is -0.139. The highest BCUT2D eigenvalue weighted by Crippen LogP contribution is 2.43. The van der Waals surface area contributed by atoms with Gasteiger partial charge in [0.2, 0.25) is 10.0 Å². The summed E-state index contributed by atoms with van der Waals surface area (Å²) < 4.78 is 40.9. The van der Waals surface area contributed by atoms with Crippen molar-refractivity contribution >= 4 is 45.2 Å².